The number of nitrogens with zero attached hydrogens (tertiary/aromatic N) is 2. The number of piperazine rings is 1. The normalized spacial score (nSPS) is 16.7. The van der Waals surface area contributed by atoms with E-state index in [0.717, 1.165) is 26.2 Å². The van der Waals surface area contributed by atoms with Gasteiger partial charge in [-0.05, 0) is 0 Å². The zero-order chi connectivity index (χ0) is 13.4. The Morgan fingerprint density at radius 2 is 1.72 bits per heavy atom. The molecule has 6 heteroatoms. The molecule has 0 aromatic heterocycles. The Labute approximate surface area is 108 Å². The number of ether oxygens (including phenoxy) is 2. The number of carbonyl (C=O) groups is 2. The Bertz CT molecular complexity index is 275. The van der Waals surface area contributed by atoms with Crippen molar-refractivity contribution in [3.8, 4) is 0 Å². The molecular formula is C12H22N2O4. The second kappa shape index (κ2) is 8.05. The number of rotatable bonds is 6. The maximum atomic E-state index is 11.7. The third-order valence-corrected chi connectivity index (χ3v) is 3.10. The second-order valence-electron chi connectivity index (χ2n) is 4.29. The molecule has 0 N–H and O–H groups in total. The largest absolute Gasteiger partial charge is 0.469 e. The van der Waals surface area contributed by atoms with Gasteiger partial charge in [0.1, 0.15) is 0 Å². The molecule has 0 aromatic carbocycles. The monoisotopic (exact) mass is 258 g/mol. The number of methoxy groups -OCH3 is 2. The van der Waals surface area contributed by atoms with Gasteiger partial charge in [-0.1, -0.05) is 0 Å². The predicted octanol–water partition coefficient (Wildman–Crippen LogP) is -0.270. The molecule has 1 amide bonds. The maximum Gasteiger partial charge on any atom is 0.306 e. The second-order valence-corrected chi connectivity index (χ2v) is 4.29. The summed E-state index contributed by atoms with van der Waals surface area (Å²) in [5, 5.41) is 0. The third-order valence-electron chi connectivity index (χ3n) is 3.10. The van der Waals surface area contributed by atoms with Gasteiger partial charge in [-0.3, -0.25) is 14.5 Å². The van der Waals surface area contributed by atoms with E-state index in [4.69, 9.17) is 4.74 Å². The SMILES string of the molecule is COCCC(=O)N1CCN(CCC(=O)OC)CC1. The van der Waals surface area contributed by atoms with Gasteiger partial charge in [-0.25, -0.2) is 0 Å². The molecule has 18 heavy (non-hydrogen) atoms. The van der Waals surface area contributed by atoms with Crippen LogP contribution >= 0.6 is 0 Å². The van der Waals surface area contributed by atoms with Crippen molar-refractivity contribution in [3.05, 3.63) is 0 Å². The smallest absolute Gasteiger partial charge is 0.306 e. The summed E-state index contributed by atoms with van der Waals surface area (Å²) in [5.41, 5.74) is 0. The fourth-order valence-electron chi connectivity index (χ4n) is 1.92. The molecule has 0 unspecified atom stereocenters. The van der Waals surface area contributed by atoms with Gasteiger partial charge in [-0.2, -0.15) is 0 Å². The molecule has 1 saturated heterocycles. The molecule has 0 saturated carbocycles. The molecule has 0 bridgehead atoms. The van der Waals surface area contributed by atoms with Crippen LogP contribution in [0.5, 0.6) is 0 Å². The minimum Gasteiger partial charge on any atom is -0.469 e. The molecule has 1 aliphatic rings. The van der Waals surface area contributed by atoms with Crippen LogP contribution in [0.4, 0.5) is 0 Å². The van der Waals surface area contributed by atoms with Gasteiger partial charge in [0.15, 0.2) is 0 Å². The zero-order valence-electron chi connectivity index (χ0n) is 11.2. The Hall–Kier alpha value is -1.14. The first-order valence-electron chi connectivity index (χ1n) is 6.23. The molecule has 1 fully saturated rings. The summed E-state index contributed by atoms with van der Waals surface area (Å²) in [7, 11) is 2.99. The van der Waals surface area contributed by atoms with E-state index in [1.165, 1.54) is 7.11 Å². The molecule has 6 nitrogen and oxygen atoms in total. The topological polar surface area (TPSA) is 59.1 Å². The highest BCUT2D eigenvalue weighted by atomic mass is 16.5. The summed E-state index contributed by atoms with van der Waals surface area (Å²) in [4.78, 5) is 26.8. The minimum atomic E-state index is -0.186. The number of esters is 1. The van der Waals surface area contributed by atoms with Crippen LogP contribution in [0.15, 0.2) is 0 Å². The van der Waals surface area contributed by atoms with Crippen molar-refractivity contribution >= 4 is 11.9 Å². The maximum absolute atomic E-state index is 11.7. The summed E-state index contributed by atoms with van der Waals surface area (Å²) >= 11 is 0. The highest BCUT2D eigenvalue weighted by Crippen LogP contribution is 2.05. The van der Waals surface area contributed by atoms with Crippen molar-refractivity contribution in [1.82, 2.24) is 9.80 Å². The van der Waals surface area contributed by atoms with Gasteiger partial charge in [0.05, 0.1) is 26.6 Å². The minimum absolute atomic E-state index is 0.143. The van der Waals surface area contributed by atoms with E-state index in [2.05, 4.69) is 9.64 Å². The Kier molecular flexibility index (Phi) is 6.67. The first-order chi connectivity index (χ1) is 8.67. The lowest BCUT2D eigenvalue weighted by atomic mass is 10.2. The van der Waals surface area contributed by atoms with E-state index in [-0.39, 0.29) is 11.9 Å². The van der Waals surface area contributed by atoms with Crippen LogP contribution < -0.4 is 0 Å². The highest BCUT2D eigenvalue weighted by molar-refractivity contribution is 5.76. The molecule has 0 radical (unpaired) electrons. The van der Waals surface area contributed by atoms with Crippen LogP contribution in [0, 0.1) is 0 Å². The van der Waals surface area contributed by atoms with Gasteiger partial charge in [0.25, 0.3) is 0 Å². The molecular weight excluding hydrogens is 236 g/mol. The van der Waals surface area contributed by atoms with Crippen LogP contribution in [-0.4, -0.2) is 75.2 Å². The van der Waals surface area contributed by atoms with Crippen LogP contribution in [0.3, 0.4) is 0 Å². The molecule has 0 aromatic rings. The molecule has 1 aliphatic heterocycles. The highest BCUT2D eigenvalue weighted by Gasteiger charge is 2.20. The lowest BCUT2D eigenvalue weighted by Gasteiger charge is -2.34. The average molecular weight is 258 g/mol. The summed E-state index contributed by atoms with van der Waals surface area (Å²) < 4.78 is 9.49. The Morgan fingerprint density at radius 3 is 2.28 bits per heavy atom. The molecule has 1 rings (SSSR count). The molecule has 0 atom stereocenters. The Balaban J connectivity index is 2.20. The van der Waals surface area contributed by atoms with E-state index in [0.29, 0.717) is 26.0 Å². The summed E-state index contributed by atoms with van der Waals surface area (Å²) in [6.07, 6.45) is 0.854. The van der Waals surface area contributed by atoms with Crippen LogP contribution in [0.2, 0.25) is 0 Å². The van der Waals surface area contributed by atoms with Crippen molar-refractivity contribution in [1.29, 1.82) is 0 Å². The lowest BCUT2D eigenvalue weighted by Crippen LogP contribution is -2.49. The lowest BCUT2D eigenvalue weighted by molar-refractivity contribution is -0.141. The van der Waals surface area contributed by atoms with E-state index in [9.17, 15) is 9.59 Å². The van der Waals surface area contributed by atoms with Crippen molar-refractivity contribution in [2.24, 2.45) is 0 Å². The van der Waals surface area contributed by atoms with Crippen molar-refractivity contribution in [2.75, 3.05) is 53.6 Å². The van der Waals surface area contributed by atoms with Crippen LogP contribution in [0.25, 0.3) is 0 Å². The number of carbonyl (C=O) groups excluding carboxylic acids is 2. The van der Waals surface area contributed by atoms with Gasteiger partial charge >= 0.3 is 5.97 Å². The standard InChI is InChI=1S/C12H22N2O4/c1-17-10-4-11(15)14-8-6-13(7-9-14)5-3-12(16)18-2/h3-10H2,1-2H3. The molecule has 104 valence electrons. The van der Waals surface area contributed by atoms with Crippen LogP contribution in [0.1, 0.15) is 12.8 Å². The first kappa shape index (κ1) is 14.9. The van der Waals surface area contributed by atoms with Gasteiger partial charge in [-0.15, -0.1) is 0 Å². The predicted molar refractivity (Wildman–Crippen MR) is 66.1 cm³/mol. The molecule has 1 heterocycles. The van der Waals surface area contributed by atoms with Gasteiger partial charge in [0.2, 0.25) is 5.91 Å². The number of hydrogen-bond acceptors (Lipinski definition) is 5. The number of amides is 1. The van der Waals surface area contributed by atoms with Crippen LogP contribution in [-0.2, 0) is 19.1 Å². The van der Waals surface area contributed by atoms with E-state index in [1.54, 1.807) is 7.11 Å². The number of hydrogen-bond donors (Lipinski definition) is 0. The van der Waals surface area contributed by atoms with Crippen molar-refractivity contribution in [2.45, 2.75) is 12.8 Å². The fraction of sp³-hybridized carbons (Fsp3) is 0.833. The molecule has 0 spiro atoms. The summed E-state index contributed by atoms with van der Waals surface area (Å²) in [6, 6.07) is 0. The quantitative estimate of drug-likeness (QED) is 0.614. The average Bonchev–Trinajstić information content (AvgIpc) is 2.42. The van der Waals surface area contributed by atoms with Crippen molar-refractivity contribution in [3.63, 3.8) is 0 Å². The fourth-order valence-corrected chi connectivity index (χ4v) is 1.92. The van der Waals surface area contributed by atoms with Gasteiger partial charge < -0.3 is 14.4 Å². The summed E-state index contributed by atoms with van der Waals surface area (Å²) in [5.74, 6) is -0.0435. The third kappa shape index (κ3) is 5.01. The first-order valence-corrected chi connectivity index (χ1v) is 6.23. The molecule has 0 aliphatic carbocycles. The van der Waals surface area contributed by atoms with E-state index >= 15 is 0 Å². The van der Waals surface area contributed by atoms with E-state index in [1.807, 2.05) is 4.90 Å². The Morgan fingerprint density at radius 1 is 1.06 bits per heavy atom. The van der Waals surface area contributed by atoms with E-state index < -0.39 is 0 Å². The zero-order valence-corrected chi connectivity index (χ0v) is 11.2. The van der Waals surface area contributed by atoms with Crippen molar-refractivity contribution < 1.29 is 19.1 Å². The summed E-state index contributed by atoms with van der Waals surface area (Å²) in [6.45, 7) is 4.26. The van der Waals surface area contributed by atoms with Gasteiger partial charge in [0, 0.05) is 39.8 Å².